The van der Waals surface area contributed by atoms with E-state index in [0.29, 0.717) is 0 Å². The highest BCUT2D eigenvalue weighted by Gasteiger charge is 2.31. The van der Waals surface area contributed by atoms with E-state index in [4.69, 9.17) is 9.47 Å². The lowest BCUT2D eigenvalue weighted by Crippen LogP contribution is -2.29. The van der Waals surface area contributed by atoms with Crippen LogP contribution in [0, 0.1) is 0 Å². The summed E-state index contributed by atoms with van der Waals surface area (Å²) in [5.74, 6) is 1.49. The van der Waals surface area contributed by atoms with E-state index in [1.165, 1.54) is 0 Å². The molecule has 5 nitrogen and oxygen atoms in total. The molecular formula is C22H22N2O3S. The van der Waals surface area contributed by atoms with Gasteiger partial charge in [-0.3, -0.25) is 4.79 Å². The highest BCUT2D eigenvalue weighted by atomic mass is 32.1. The maximum Gasteiger partial charge on any atom is 0.247 e. The first kappa shape index (κ1) is 18.5. The largest absolute Gasteiger partial charge is 0.497 e. The molecular weight excluding hydrogens is 372 g/mol. The number of hydrogen-bond donors (Lipinski definition) is 0. The fourth-order valence-corrected chi connectivity index (χ4v) is 4.52. The molecule has 0 saturated carbocycles. The Hall–Kier alpha value is -2.86. The summed E-state index contributed by atoms with van der Waals surface area (Å²) in [7, 11) is 3.28. The fraction of sp³-hybridized carbons (Fsp3) is 0.273. The van der Waals surface area contributed by atoms with Crippen LogP contribution < -0.4 is 9.47 Å². The lowest BCUT2D eigenvalue weighted by atomic mass is 10.0. The van der Waals surface area contributed by atoms with Crippen molar-refractivity contribution in [1.29, 1.82) is 0 Å². The topological polar surface area (TPSA) is 51.7 Å². The molecule has 0 bridgehead atoms. The molecule has 3 aromatic rings. The lowest BCUT2D eigenvalue weighted by Gasteiger charge is -2.25. The Morgan fingerprint density at radius 1 is 1.21 bits per heavy atom. The van der Waals surface area contributed by atoms with Gasteiger partial charge >= 0.3 is 0 Å². The molecule has 1 aliphatic heterocycles. The zero-order valence-corrected chi connectivity index (χ0v) is 16.7. The molecule has 6 heteroatoms. The van der Waals surface area contributed by atoms with Crippen LogP contribution in [0.4, 0.5) is 0 Å². The van der Waals surface area contributed by atoms with Gasteiger partial charge in [0.1, 0.15) is 16.5 Å². The highest BCUT2D eigenvalue weighted by Crippen LogP contribution is 2.38. The minimum Gasteiger partial charge on any atom is -0.497 e. The van der Waals surface area contributed by atoms with Crippen molar-refractivity contribution in [1.82, 2.24) is 9.88 Å². The van der Waals surface area contributed by atoms with E-state index < -0.39 is 0 Å². The number of methoxy groups -OCH3 is 2. The van der Waals surface area contributed by atoms with Crippen molar-refractivity contribution in [3.05, 3.63) is 59.1 Å². The fourth-order valence-electron chi connectivity index (χ4n) is 3.65. The Morgan fingerprint density at radius 2 is 2.07 bits per heavy atom. The number of fused-ring (bicyclic) bond motifs is 1. The van der Waals surface area contributed by atoms with Gasteiger partial charge in [0.05, 0.1) is 30.5 Å². The van der Waals surface area contributed by atoms with Gasteiger partial charge in [-0.25, -0.2) is 4.98 Å². The van der Waals surface area contributed by atoms with Gasteiger partial charge in [-0.2, -0.15) is 0 Å². The van der Waals surface area contributed by atoms with E-state index in [0.717, 1.165) is 51.7 Å². The first-order valence-electron chi connectivity index (χ1n) is 9.26. The van der Waals surface area contributed by atoms with Gasteiger partial charge in [-0.15, -0.1) is 11.3 Å². The number of hydrogen-bond acceptors (Lipinski definition) is 5. The monoisotopic (exact) mass is 394 g/mol. The molecule has 1 amide bonds. The molecule has 1 unspecified atom stereocenters. The number of benzene rings is 2. The summed E-state index contributed by atoms with van der Waals surface area (Å²) in [5, 5.41) is 0.840. The molecule has 0 aliphatic carbocycles. The molecule has 1 fully saturated rings. The predicted molar refractivity (Wildman–Crippen MR) is 112 cm³/mol. The van der Waals surface area contributed by atoms with Gasteiger partial charge in [-0.1, -0.05) is 12.1 Å². The molecule has 2 heterocycles. The summed E-state index contributed by atoms with van der Waals surface area (Å²) >= 11 is 1.59. The van der Waals surface area contributed by atoms with Crippen LogP contribution in [-0.2, 0) is 4.79 Å². The summed E-state index contributed by atoms with van der Waals surface area (Å²) in [6, 6.07) is 13.8. The van der Waals surface area contributed by atoms with Gasteiger partial charge in [0, 0.05) is 24.3 Å². The van der Waals surface area contributed by atoms with Crippen LogP contribution in [0.2, 0.25) is 0 Å². The van der Waals surface area contributed by atoms with Gasteiger partial charge in [0.15, 0.2) is 0 Å². The Bertz CT molecular complexity index is 995. The molecule has 144 valence electrons. The normalized spacial score (nSPS) is 16.8. The zero-order chi connectivity index (χ0) is 19.5. The third-order valence-electron chi connectivity index (χ3n) is 5.01. The number of nitrogens with zero attached hydrogens (tertiary/aromatic N) is 2. The van der Waals surface area contributed by atoms with Crippen molar-refractivity contribution in [2.45, 2.75) is 18.9 Å². The van der Waals surface area contributed by atoms with E-state index in [1.54, 1.807) is 31.6 Å². The summed E-state index contributed by atoms with van der Waals surface area (Å²) in [6.07, 6.45) is 5.34. The summed E-state index contributed by atoms with van der Waals surface area (Å²) in [5.41, 5.74) is 1.98. The molecule has 1 aromatic heterocycles. The summed E-state index contributed by atoms with van der Waals surface area (Å²) in [4.78, 5) is 19.4. The van der Waals surface area contributed by atoms with Crippen molar-refractivity contribution in [2.75, 3.05) is 20.8 Å². The molecule has 4 rings (SSSR count). The van der Waals surface area contributed by atoms with Crippen LogP contribution in [-0.4, -0.2) is 36.6 Å². The molecule has 1 atom stereocenters. The van der Waals surface area contributed by atoms with Crippen LogP contribution in [0.3, 0.4) is 0 Å². The van der Waals surface area contributed by atoms with Gasteiger partial charge in [0.25, 0.3) is 0 Å². The van der Waals surface area contributed by atoms with Gasteiger partial charge in [-0.05, 0) is 43.2 Å². The lowest BCUT2D eigenvalue weighted by molar-refractivity contribution is -0.126. The van der Waals surface area contributed by atoms with Crippen molar-refractivity contribution in [3.63, 3.8) is 0 Å². The first-order chi connectivity index (χ1) is 13.7. The third-order valence-corrected chi connectivity index (χ3v) is 6.02. The Kier molecular flexibility index (Phi) is 5.30. The number of carbonyl (C=O) groups excluding carboxylic acids is 1. The number of thiazole rings is 1. The molecule has 0 radical (unpaired) electrons. The predicted octanol–water partition coefficient (Wildman–Crippen LogP) is 4.69. The smallest absolute Gasteiger partial charge is 0.247 e. The molecule has 1 aliphatic rings. The van der Waals surface area contributed by atoms with Crippen LogP contribution >= 0.6 is 11.3 Å². The maximum atomic E-state index is 12.9. The quantitative estimate of drug-likeness (QED) is 0.589. The van der Waals surface area contributed by atoms with E-state index in [-0.39, 0.29) is 11.9 Å². The minimum atomic E-state index is -0.000345. The number of para-hydroxylation sites is 1. The van der Waals surface area contributed by atoms with Crippen LogP contribution in [0.15, 0.2) is 48.5 Å². The molecule has 0 spiro atoms. The number of carbonyl (C=O) groups is 1. The van der Waals surface area contributed by atoms with Crippen molar-refractivity contribution in [3.8, 4) is 11.5 Å². The Morgan fingerprint density at radius 3 is 2.86 bits per heavy atom. The van der Waals surface area contributed by atoms with Crippen LogP contribution in [0.25, 0.3) is 16.3 Å². The van der Waals surface area contributed by atoms with Gasteiger partial charge < -0.3 is 14.4 Å². The minimum absolute atomic E-state index is 0.000345. The summed E-state index contributed by atoms with van der Waals surface area (Å²) < 4.78 is 12.0. The number of amides is 1. The second-order valence-corrected chi connectivity index (χ2v) is 7.71. The van der Waals surface area contributed by atoms with E-state index in [1.807, 2.05) is 53.4 Å². The molecule has 0 N–H and O–H groups in total. The standard InChI is InChI=1S/C22H22N2O3S/c1-26-15-9-10-16(19(14-15)27-2)18-7-5-13-24(18)22(25)12-11-21-23-17-6-3-4-8-20(17)28-21/h3-4,6,8-12,14,18H,5,7,13H2,1-2H3/b12-11+. The second-order valence-electron chi connectivity index (χ2n) is 6.65. The molecule has 2 aromatic carbocycles. The SMILES string of the molecule is COc1ccc(C2CCCN2C(=O)/C=C/c2nc3ccccc3s2)c(OC)c1. The number of aromatic nitrogens is 1. The number of ether oxygens (including phenoxy) is 2. The Balaban J connectivity index is 1.55. The van der Waals surface area contributed by atoms with E-state index >= 15 is 0 Å². The van der Waals surface area contributed by atoms with Crippen molar-refractivity contribution in [2.24, 2.45) is 0 Å². The van der Waals surface area contributed by atoms with Crippen LogP contribution in [0.5, 0.6) is 11.5 Å². The zero-order valence-electron chi connectivity index (χ0n) is 15.9. The number of likely N-dealkylation sites (tertiary alicyclic amines) is 1. The van der Waals surface area contributed by atoms with E-state index in [2.05, 4.69) is 4.98 Å². The van der Waals surface area contributed by atoms with Crippen LogP contribution in [0.1, 0.15) is 29.5 Å². The van der Waals surface area contributed by atoms with Crippen molar-refractivity contribution >= 4 is 33.5 Å². The van der Waals surface area contributed by atoms with Crippen molar-refractivity contribution < 1.29 is 14.3 Å². The highest BCUT2D eigenvalue weighted by molar-refractivity contribution is 7.19. The van der Waals surface area contributed by atoms with Gasteiger partial charge in [0.2, 0.25) is 5.91 Å². The average Bonchev–Trinajstić information content (AvgIpc) is 3.38. The third kappa shape index (κ3) is 3.60. The summed E-state index contributed by atoms with van der Waals surface area (Å²) in [6.45, 7) is 0.739. The van der Waals surface area contributed by atoms with E-state index in [9.17, 15) is 4.79 Å². The second kappa shape index (κ2) is 8.02. The maximum absolute atomic E-state index is 12.9. The molecule has 28 heavy (non-hydrogen) atoms. The number of rotatable bonds is 5. The average molecular weight is 394 g/mol. The molecule has 1 saturated heterocycles. The Labute approximate surface area is 168 Å². The first-order valence-corrected chi connectivity index (χ1v) is 10.1.